The maximum absolute atomic E-state index is 11.0. The second-order valence-electron chi connectivity index (χ2n) is 6.51. The minimum atomic E-state index is -1.82. The summed E-state index contributed by atoms with van der Waals surface area (Å²) in [5.41, 5.74) is 0. The van der Waals surface area contributed by atoms with Gasteiger partial charge in [-0.2, -0.15) is 0 Å². The van der Waals surface area contributed by atoms with Gasteiger partial charge in [0.1, 0.15) is 6.29 Å². The van der Waals surface area contributed by atoms with Crippen LogP contribution in [-0.4, -0.2) is 20.7 Å². The van der Waals surface area contributed by atoms with E-state index in [9.17, 15) is 4.79 Å². The summed E-state index contributed by atoms with van der Waals surface area (Å²) in [6.07, 6.45) is 8.82. The van der Waals surface area contributed by atoms with Gasteiger partial charge < -0.3 is 9.22 Å². The van der Waals surface area contributed by atoms with Crippen molar-refractivity contribution in [1.82, 2.24) is 0 Å². The summed E-state index contributed by atoms with van der Waals surface area (Å²) in [4.78, 5) is 11.0. The molecule has 0 rings (SSSR count). The molecule has 3 heteroatoms. The van der Waals surface area contributed by atoms with Gasteiger partial charge in [0.25, 0.3) is 0 Å². The lowest BCUT2D eigenvalue weighted by molar-refractivity contribution is -0.113. The van der Waals surface area contributed by atoms with Crippen LogP contribution in [0.4, 0.5) is 0 Å². The highest BCUT2D eigenvalue weighted by Gasteiger charge is 2.39. The fourth-order valence-electron chi connectivity index (χ4n) is 1.48. The number of carbonyl (C=O) groups excluding carboxylic acids is 1. The number of terminal acetylenes is 1. The molecule has 0 amide bonds. The lowest BCUT2D eigenvalue weighted by Gasteiger charge is -2.40. The number of rotatable bonds is 7. The Morgan fingerprint density at radius 3 is 2.33 bits per heavy atom. The van der Waals surface area contributed by atoms with Gasteiger partial charge in [-0.1, -0.05) is 27.7 Å². The van der Waals surface area contributed by atoms with Crippen molar-refractivity contribution in [3.63, 3.8) is 0 Å². The molecule has 0 bridgehead atoms. The van der Waals surface area contributed by atoms with Crippen molar-refractivity contribution in [3.8, 4) is 12.3 Å². The van der Waals surface area contributed by atoms with E-state index in [0.29, 0.717) is 0 Å². The van der Waals surface area contributed by atoms with Gasteiger partial charge in [-0.15, -0.1) is 12.3 Å². The zero-order valence-corrected chi connectivity index (χ0v) is 13.7. The molecule has 0 aromatic carbocycles. The molecule has 0 aliphatic rings. The highest BCUT2D eigenvalue weighted by atomic mass is 28.4. The van der Waals surface area contributed by atoms with E-state index in [1.807, 2.05) is 6.92 Å². The molecule has 18 heavy (non-hydrogen) atoms. The predicted molar refractivity (Wildman–Crippen MR) is 80.0 cm³/mol. The molecular weight excluding hydrogens is 240 g/mol. The average Bonchev–Trinajstić information content (AvgIpc) is 2.25. The first-order valence-electron chi connectivity index (χ1n) is 6.72. The van der Waals surface area contributed by atoms with E-state index in [1.165, 1.54) is 0 Å². The standard InChI is InChI=1S/C15H28O2Si/c1-8-9-10-11-14(13(2)12-16)17-18(6,7)15(3,4)5/h1,12-14H,9-11H2,2-7H3/t13-,14+/m0/s1. The van der Waals surface area contributed by atoms with E-state index in [-0.39, 0.29) is 17.1 Å². The maximum Gasteiger partial charge on any atom is 0.192 e. The molecule has 0 aromatic heterocycles. The van der Waals surface area contributed by atoms with Crippen molar-refractivity contribution in [2.45, 2.75) is 71.2 Å². The molecule has 0 fully saturated rings. The van der Waals surface area contributed by atoms with Crippen LogP contribution in [0.1, 0.15) is 47.0 Å². The molecule has 0 unspecified atom stereocenters. The molecule has 0 N–H and O–H groups in total. The molecule has 0 spiro atoms. The van der Waals surface area contributed by atoms with Crippen LogP contribution in [-0.2, 0) is 9.22 Å². The fraction of sp³-hybridized carbons (Fsp3) is 0.800. The van der Waals surface area contributed by atoms with Gasteiger partial charge in [0, 0.05) is 12.3 Å². The van der Waals surface area contributed by atoms with Gasteiger partial charge in [0.05, 0.1) is 6.10 Å². The van der Waals surface area contributed by atoms with Gasteiger partial charge in [-0.05, 0) is 31.0 Å². The zero-order chi connectivity index (χ0) is 14.4. The van der Waals surface area contributed by atoms with Crippen LogP contribution in [0.5, 0.6) is 0 Å². The summed E-state index contributed by atoms with van der Waals surface area (Å²) >= 11 is 0. The predicted octanol–water partition coefficient (Wildman–Crippen LogP) is 4.02. The first kappa shape index (κ1) is 17.4. The van der Waals surface area contributed by atoms with Crippen molar-refractivity contribution in [3.05, 3.63) is 0 Å². The molecule has 104 valence electrons. The molecule has 0 aromatic rings. The van der Waals surface area contributed by atoms with E-state index in [4.69, 9.17) is 10.8 Å². The quantitative estimate of drug-likeness (QED) is 0.302. The molecule has 0 saturated heterocycles. The fourth-order valence-corrected chi connectivity index (χ4v) is 2.92. The van der Waals surface area contributed by atoms with Crippen LogP contribution in [0.15, 0.2) is 0 Å². The minimum Gasteiger partial charge on any atom is -0.413 e. The smallest absolute Gasteiger partial charge is 0.192 e. The van der Waals surface area contributed by atoms with Crippen LogP contribution in [0.25, 0.3) is 0 Å². The van der Waals surface area contributed by atoms with Gasteiger partial charge in [0.2, 0.25) is 0 Å². The van der Waals surface area contributed by atoms with Crippen molar-refractivity contribution >= 4 is 14.6 Å². The lowest BCUT2D eigenvalue weighted by atomic mass is 10.0. The molecule has 0 heterocycles. The average molecular weight is 268 g/mol. The Bertz CT molecular complexity index is 297. The third-order valence-corrected chi connectivity index (χ3v) is 8.37. The molecule has 0 aliphatic heterocycles. The number of carbonyl (C=O) groups is 1. The minimum absolute atomic E-state index is 0.0109. The first-order valence-corrected chi connectivity index (χ1v) is 9.63. The molecule has 2 atom stereocenters. The summed E-state index contributed by atoms with van der Waals surface area (Å²) in [6.45, 7) is 13.0. The molecule has 0 aliphatic carbocycles. The lowest BCUT2D eigenvalue weighted by Crippen LogP contribution is -2.45. The van der Waals surface area contributed by atoms with Gasteiger partial charge in [0.15, 0.2) is 8.32 Å². The van der Waals surface area contributed by atoms with Gasteiger partial charge >= 0.3 is 0 Å². The number of hydrogen-bond donors (Lipinski definition) is 0. The second-order valence-corrected chi connectivity index (χ2v) is 11.3. The highest BCUT2D eigenvalue weighted by molar-refractivity contribution is 6.74. The van der Waals surface area contributed by atoms with E-state index in [0.717, 1.165) is 25.5 Å². The van der Waals surface area contributed by atoms with Crippen molar-refractivity contribution in [2.75, 3.05) is 0 Å². The summed E-state index contributed by atoms with van der Waals surface area (Å²) < 4.78 is 6.34. The summed E-state index contributed by atoms with van der Waals surface area (Å²) in [5, 5.41) is 0.167. The monoisotopic (exact) mass is 268 g/mol. The summed E-state index contributed by atoms with van der Waals surface area (Å²) in [6, 6.07) is 0. The van der Waals surface area contributed by atoms with E-state index < -0.39 is 8.32 Å². The molecule has 0 radical (unpaired) electrons. The van der Waals surface area contributed by atoms with Crippen LogP contribution in [0.2, 0.25) is 18.1 Å². The highest BCUT2D eigenvalue weighted by Crippen LogP contribution is 2.38. The SMILES string of the molecule is C#CCCC[C@@H](O[Si](C)(C)C(C)(C)C)[C@@H](C)C=O. The summed E-state index contributed by atoms with van der Waals surface area (Å²) in [7, 11) is -1.82. The van der Waals surface area contributed by atoms with Gasteiger partial charge in [-0.25, -0.2) is 0 Å². The Labute approximate surface area is 114 Å². The maximum atomic E-state index is 11.0. The third kappa shape index (κ3) is 5.37. The van der Waals surface area contributed by atoms with Crippen LogP contribution >= 0.6 is 0 Å². The molecule has 0 saturated carbocycles. The van der Waals surface area contributed by atoms with E-state index in [2.05, 4.69) is 39.8 Å². The second kappa shape index (κ2) is 7.11. The third-order valence-electron chi connectivity index (χ3n) is 3.86. The van der Waals surface area contributed by atoms with Crippen LogP contribution < -0.4 is 0 Å². The van der Waals surface area contributed by atoms with E-state index in [1.54, 1.807) is 0 Å². The number of aldehydes is 1. The Morgan fingerprint density at radius 2 is 1.94 bits per heavy atom. The van der Waals surface area contributed by atoms with Crippen LogP contribution in [0, 0.1) is 18.3 Å². The summed E-state index contributed by atoms with van der Waals surface area (Å²) in [5.74, 6) is 2.58. The van der Waals surface area contributed by atoms with Crippen molar-refractivity contribution < 1.29 is 9.22 Å². The Kier molecular flexibility index (Phi) is 6.87. The first-order chi connectivity index (χ1) is 8.15. The Balaban J connectivity index is 4.69. The Hall–Kier alpha value is -0.593. The zero-order valence-electron chi connectivity index (χ0n) is 12.7. The number of unbranched alkanes of at least 4 members (excludes halogenated alkanes) is 1. The van der Waals surface area contributed by atoms with E-state index >= 15 is 0 Å². The van der Waals surface area contributed by atoms with Crippen LogP contribution in [0.3, 0.4) is 0 Å². The topological polar surface area (TPSA) is 26.3 Å². The number of hydrogen-bond acceptors (Lipinski definition) is 2. The normalized spacial score (nSPS) is 15.8. The Morgan fingerprint density at radius 1 is 1.39 bits per heavy atom. The van der Waals surface area contributed by atoms with Crippen molar-refractivity contribution in [1.29, 1.82) is 0 Å². The molecular formula is C15H28O2Si. The molecule has 2 nitrogen and oxygen atoms in total. The largest absolute Gasteiger partial charge is 0.413 e. The van der Waals surface area contributed by atoms with Gasteiger partial charge in [-0.3, -0.25) is 0 Å². The van der Waals surface area contributed by atoms with Crippen molar-refractivity contribution in [2.24, 2.45) is 5.92 Å².